The molecule has 1 rings (SSSR count). The van der Waals surface area contributed by atoms with Crippen molar-refractivity contribution in [2.24, 2.45) is 0 Å². The lowest BCUT2D eigenvalue weighted by Crippen LogP contribution is -2.50. The Bertz CT molecular complexity index is 161. The number of carbonyl (C=O) groups is 1. The minimum absolute atomic E-state index is 0.149. The van der Waals surface area contributed by atoms with Gasteiger partial charge in [0, 0.05) is 25.7 Å². The number of esters is 1. The van der Waals surface area contributed by atoms with Crippen molar-refractivity contribution in [2.75, 3.05) is 33.3 Å². The zero-order chi connectivity index (χ0) is 8.97. The molecule has 0 unspecified atom stereocenters. The Hall–Kier alpha value is -0.610. The molecule has 1 aliphatic heterocycles. The van der Waals surface area contributed by atoms with Crippen LogP contribution < -0.4 is 5.32 Å². The molecule has 0 aliphatic carbocycles. The van der Waals surface area contributed by atoms with E-state index in [0.717, 1.165) is 19.6 Å². The average Bonchev–Trinajstić information content (AvgIpc) is 2.04. The van der Waals surface area contributed by atoms with Gasteiger partial charge in [0.25, 0.3) is 0 Å². The van der Waals surface area contributed by atoms with E-state index in [1.165, 1.54) is 7.11 Å². The van der Waals surface area contributed by atoms with Crippen LogP contribution in [0.25, 0.3) is 0 Å². The second-order valence-electron chi connectivity index (χ2n) is 3.17. The molecule has 0 saturated carbocycles. The van der Waals surface area contributed by atoms with E-state index >= 15 is 0 Å². The van der Waals surface area contributed by atoms with Crippen LogP contribution in [0.4, 0.5) is 0 Å². The van der Waals surface area contributed by atoms with Crippen molar-refractivity contribution in [3.63, 3.8) is 0 Å². The van der Waals surface area contributed by atoms with Gasteiger partial charge in [-0.05, 0) is 6.92 Å². The fourth-order valence-electron chi connectivity index (χ4n) is 1.40. The molecule has 1 fully saturated rings. The molecular formula is C8H16N2O2. The van der Waals surface area contributed by atoms with Crippen LogP contribution in [0.3, 0.4) is 0 Å². The first-order valence-electron chi connectivity index (χ1n) is 4.25. The molecule has 1 heterocycles. The molecule has 4 nitrogen and oxygen atoms in total. The average molecular weight is 172 g/mol. The van der Waals surface area contributed by atoms with Crippen molar-refractivity contribution in [1.29, 1.82) is 0 Å². The first-order chi connectivity index (χ1) is 5.72. The normalized spacial score (nSPS) is 25.3. The van der Waals surface area contributed by atoms with E-state index in [0.29, 0.717) is 12.6 Å². The van der Waals surface area contributed by atoms with Gasteiger partial charge in [-0.15, -0.1) is 0 Å². The van der Waals surface area contributed by atoms with Gasteiger partial charge in [0.15, 0.2) is 0 Å². The maximum absolute atomic E-state index is 10.9. The second-order valence-corrected chi connectivity index (χ2v) is 3.17. The van der Waals surface area contributed by atoms with Gasteiger partial charge in [-0.2, -0.15) is 0 Å². The number of ether oxygens (including phenoxy) is 1. The zero-order valence-electron chi connectivity index (χ0n) is 7.67. The maximum Gasteiger partial charge on any atom is 0.319 e. The summed E-state index contributed by atoms with van der Waals surface area (Å²) in [5, 5.41) is 3.31. The van der Waals surface area contributed by atoms with Gasteiger partial charge >= 0.3 is 5.97 Å². The highest BCUT2D eigenvalue weighted by atomic mass is 16.5. The summed E-state index contributed by atoms with van der Waals surface area (Å²) in [7, 11) is 1.42. The van der Waals surface area contributed by atoms with E-state index in [1.807, 2.05) is 0 Å². The Labute approximate surface area is 72.9 Å². The van der Waals surface area contributed by atoms with E-state index in [-0.39, 0.29) is 5.97 Å². The second kappa shape index (κ2) is 4.42. The molecular weight excluding hydrogens is 156 g/mol. The smallest absolute Gasteiger partial charge is 0.319 e. The first-order valence-corrected chi connectivity index (χ1v) is 4.25. The van der Waals surface area contributed by atoms with Gasteiger partial charge in [0.2, 0.25) is 0 Å². The number of hydrogen-bond acceptors (Lipinski definition) is 4. The third kappa shape index (κ3) is 2.79. The monoisotopic (exact) mass is 172 g/mol. The lowest BCUT2D eigenvalue weighted by molar-refractivity contribution is -0.142. The predicted octanol–water partition coefficient (Wildman–Crippen LogP) is -0.547. The maximum atomic E-state index is 10.9. The van der Waals surface area contributed by atoms with Crippen molar-refractivity contribution in [1.82, 2.24) is 10.2 Å². The quantitative estimate of drug-likeness (QED) is 0.568. The van der Waals surface area contributed by atoms with Gasteiger partial charge in [-0.25, -0.2) is 0 Å². The molecule has 1 aliphatic rings. The molecule has 12 heavy (non-hydrogen) atoms. The largest absolute Gasteiger partial charge is 0.468 e. The third-order valence-electron chi connectivity index (χ3n) is 2.03. The van der Waals surface area contributed by atoms with Gasteiger partial charge in [0.1, 0.15) is 0 Å². The number of hydrogen-bond donors (Lipinski definition) is 1. The number of methoxy groups -OCH3 is 1. The number of nitrogens with zero attached hydrogens (tertiary/aromatic N) is 1. The molecule has 70 valence electrons. The van der Waals surface area contributed by atoms with Crippen molar-refractivity contribution >= 4 is 5.97 Å². The molecule has 0 bridgehead atoms. The van der Waals surface area contributed by atoms with Crippen LogP contribution >= 0.6 is 0 Å². The molecule has 0 amide bonds. The Kier molecular flexibility index (Phi) is 3.49. The number of nitrogens with one attached hydrogen (secondary N) is 1. The summed E-state index contributed by atoms with van der Waals surface area (Å²) in [6.07, 6.45) is 0. The Morgan fingerprint density at radius 2 is 2.50 bits per heavy atom. The molecule has 0 aromatic rings. The van der Waals surface area contributed by atoms with Crippen molar-refractivity contribution in [3.8, 4) is 0 Å². The number of piperazine rings is 1. The summed E-state index contributed by atoms with van der Waals surface area (Å²) in [5.41, 5.74) is 0. The van der Waals surface area contributed by atoms with Crippen LogP contribution in [0.5, 0.6) is 0 Å². The lowest BCUT2D eigenvalue weighted by Gasteiger charge is -2.30. The predicted molar refractivity (Wildman–Crippen MR) is 45.9 cm³/mol. The number of carbonyl (C=O) groups excluding carboxylic acids is 1. The zero-order valence-corrected chi connectivity index (χ0v) is 7.67. The van der Waals surface area contributed by atoms with Crippen molar-refractivity contribution in [2.45, 2.75) is 13.0 Å². The molecule has 0 radical (unpaired) electrons. The van der Waals surface area contributed by atoms with Crippen molar-refractivity contribution in [3.05, 3.63) is 0 Å². The van der Waals surface area contributed by atoms with Crippen LogP contribution in [-0.2, 0) is 9.53 Å². The molecule has 1 atom stereocenters. The fraction of sp³-hybridized carbons (Fsp3) is 0.875. The minimum atomic E-state index is -0.149. The highest BCUT2D eigenvalue weighted by Crippen LogP contribution is 1.97. The van der Waals surface area contributed by atoms with Gasteiger partial charge in [-0.3, -0.25) is 9.69 Å². The van der Waals surface area contributed by atoms with E-state index < -0.39 is 0 Å². The van der Waals surface area contributed by atoms with E-state index in [9.17, 15) is 4.79 Å². The van der Waals surface area contributed by atoms with E-state index in [2.05, 4.69) is 21.9 Å². The van der Waals surface area contributed by atoms with Gasteiger partial charge in [0.05, 0.1) is 13.7 Å². The van der Waals surface area contributed by atoms with Crippen LogP contribution in [0.2, 0.25) is 0 Å². The topological polar surface area (TPSA) is 41.6 Å². The summed E-state index contributed by atoms with van der Waals surface area (Å²) in [6, 6.07) is 0.475. The Balaban J connectivity index is 2.27. The van der Waals surface area contributed by atoms with Crippen LogP contribution in [0.15, 0.2) is 0 Å². The summed E-state index contributed by atoms with van der Waals surface area (Å²) in [6.45, 7) is 5.35. The minimum Gasteiger partial charge on any atom is -0.468 e. The van der Waals surface area contributed by atoms with Crippen molar-refractivity contribution < 1.29 is 9.53 Å². The Morgan fingerprint density at radius 3 is 3.08 bits per heavy atom. The lowest BCUT2D eigenvalue weighted by atomic mass is 10.2. The molecule has 1 saturated heterocycles. The Morgan fingerprint density at radius 1 is 1.75 bits per heavy atom. The molecule has 1 N–H and O–H groups in total. The third-order valence-corrected chi connectivity index (χ3v) is 2.03. The summed E-state index contributed by atoms with van der Waals surface area (Å²) < 4.78 is 4.59. The molecule has 4 heteroatoms. The summed E-state index contributed by atoms with van der Waals surface area (Å²) in [5.74, 6) is -0.149. The van der Waals surface area contributed by atoms with Crippen LogP contribution in [0, 0.1) is 0 Å². The summed E-state index contributed by atoms with van der Waals surface area (Å²) in [4.78, 5) is 13.0. The highest BCUT2D eigenvalue weighted by molar-refractivity contribution is 5.71. The van der Waals surface area contributed by atoms with Gasteiger partial charge < -0.3 is 10.1 Å². The van der Waals surface area contributed by atoms with Gasteiger partial charge in [-0.1, -0.05) is 0 Å². The van der Waals surface area contributed by atoms with Crippen LogP contribution in [0.1, 0.15) is 6.92 Å². The molecule has 0 aromatic heterocycles. The SMILES string of the molecule is COC(=O)CN1CCN[C@H](C)C1. The highest BCUT2D eigenvalue weighted by Gasteiger charge is 2.17. The molecule has 0 spiro atoms. The fourth-order valence-corrected chi connectivity index (χ4v) is 1.40. The standard InChI is InChI=1S/C8H16N2O2/c1-7-5-10(4-3-9-7)6-8(11)12-2/h7,9H,3-6H2,1-2H3/t7-/m1/s1. The molecule has 0 aromatic carbocycles. The van der Waals surface area contributed by atoms with E-state index in [1.54, 1.807) is 0 Å². The number of rotatable bonds is 2. The van der Waals surface area contributed by atoms with Crippen LogP contribution in [-0.4, -0.2) is 50.2 Å². The first kappa shape index (κ1) is 9.48. The van der Waals surface area contributed by atoms with E-state index in [4.69, 9.17) is 0 Å². The summed E-state index contributed by atoms with van der Waals surface area (Å²) >= 11 is 0.